The predicted octanol–water partition coefficient (Wildman–Crippen LogP) is 0.864. The first-order valence-electron chi connectivity index (χ1n) is 3.29. The summed E-state index contributed by atoms with van der Waals surface area (Å²) in [4.78, 5) is 10.4. The highest BCUT2D eigenvalue weighted by atomic mass is 19.4. The van der Waals surface area contributed by atoms with Gasteiger partial charge in [0.25, 0.3) is 0 Å². The van der Waals surface area contributed by atoms with Crippen LogP contribution in [-0.2, 0) is 9.53 Å². The van der Waals surface area contributed by atoms with Crippen LogP contribution in [0.15, 0.2) is 0 Å². The zero-order valence-electron chi connectivity index (χ0n) is 6.23. The molecular formula is C6H9F3O3. The van der Waals surface area contributed by atoms with Crippen LogP contribution in [0.3, 0.4) is 0 Å². The summed E-state index contributed by atoms with van der Waals surface area (Å²) < 4.78 is 38.1. The Labute approximate surface area is 67.1 Å². The second-order valence-electron chi connectivity index (χ2n) is 2.10. The van der Waals surface area contributed by atoms with Gasteiger partial charge in [0.05, 0.1) is 0 Å². The molecule has 0 saturated heterocycles. The maximum atomic E-state index is 11.4. The van der Waals surface area contributed by atoms with Gasteiger partial charge in [0, 0.05) is 13.0 Å². The molecule has 0 fully saturated rings. The maximum absolute atomic E-state index is 11.4. The van der Waals surface area contributed by atoms with Crippen molar-refractivity contribution in [1.29, 1.82) is 0 Å². The second kappa shape index (κ2) is 4.97. The molecule has 0 atom stereocenters. The van der Waals surface area contributed by atoms with Gasteiger partial charge in [0.1, 0.15) is 0 Å². The highest BCUT2D eigenvalue weighted by Crippen LogP contribution is 2.14. The van der Waals surface area contributed by atoms with E-state index in [0.29, 0.717) is 0 Å². The van der Waals surface area contributed by atoms with Crippen LogP contribution in [0.4, 0.5) is 13.2 Å². The van der Waals surface area contributed by atoms with Crippen LogP contribution in [0, 0.1) is 0 Å². The zero-order chi connectivity index (χ0) is 9.61. The van der Waals surface area contributed by atoms with Gasteiger partial charge >= 0.3 is 12.1 Å². The molecule has 0 aromatic carbocycles. The fraction of sp³-hybridized carbons (Fsp3) is 0.833. The molecular weight excluding hydrogens is 177 g/mol. The van der Waals surface area contributed by atoms with Crippen molar-refractivity contribution < 1.29 is 27.8 Å². The average molecular weight is 186 g/mol. The highest BCUT2D eigenvalue weighted by Gasteiger charge is 2.29. The van der Waals surface area contributed by atoms with E-state index < -0.39 is 18.8 Å². The minimum atomic E-state index is -4.48. The topological polar surface area (TPSA) is 46.5 Å². The summed E-state index contributed by atoms with van der Waals surface area (Å²) >= 11 is 0. The SMILES string of the molecule is O=C(CCCO)OCC(F)(F)F. The number of esters is 1. The van der Waals surface area contributed by atoms with Gasteiger partial charge in [0.15, 0.2) is 6.61 Å². The Morgan fingerprint density at radius 3 is 2.42 bits per heavy atom. The standard InChI is InChI=1S/C6H9F3O3/c7-6(8,9)4-12-5(11)2-1-3-10/h10H,1-4H2. The molecule has 0 rings (SSSR count). The third-order valence-electron chi connectivity index (χ3n) is 0.936. The number of hydrogen-bond acceptors (Lipinski definition) is 3. The summed E-state index contributed by atoms with van der Waals surface area (Å²) in [6.45, 7) is -1.79. The molecule has 72 valence electrons. The number of halogens is 3. The largest absolute Gasteiger partial charge is 0.456 e. The molecule has 0 aliphatic rings. The summed E-state index contributed by atoms with van der Waals surface area (Å²) in [7, 11) is 0. The number of rotatable bonds is 4. The Balaban J connectivity index is 3.44. The number of carbonyl (C=O) groups excluding carboxylic acids is 1. The monoisotopic (exact) mass is 186 g/mol. The van der Waals surface area contributed by atoms with E-state index in [1.165, 1.54) is 0 Å². The fourth-order valence-electron chi connectivity index (χ4n) is 0.458. The number of ether oxygens (including phenoxy) is 1. The first-order chi connectivity index (χ1) is 5.45. The van der Waals surface area contributed by atoms with Crippen molar-refractivity contribution in [3.05, 3.63) is 0 Å². The smallest absolute Gasteiger partial charge is 0.422 e. The van der Waals surface area contributed by atoms with Crippen molar-refractivity contribution >= 4 is 5.97 Å². The van der Waals surface area contributed by atoms with Crippen molar-refractivity contribution in [2.45, 2.75) is 19.0 Å². The van der Waals surface area contributed by atoms with Gasteiger partial charge in [-0.1, -0.05) is 0 Å². The fourth-order valence-corrected chi connectivity index (χ4v) is 0.458. The van der Waals surface area contributed by atoms with Gasteiger partial charge in [-0.2, -0.15) is 13.2 Å². The van der Waals surface area contributed by atoms with Gasteiger partial charge in [-0.15, -0.1) is 0 Å². The van der Waals surface area contributed by atoms with Crippen LogP contribution in [0.25, 0.3) is 0 Å². The van der Waals surface area contributed by atoms with Crippen molar-refractivity contribution in [3.8, 4) is 0 Å². The third-order valence-corrected chi connectivity index (χ3v) is 0.936. The molecule has 0 aromatic rings. The van der Waals surface area contributed by atoms with Crippen LogP contribution < -0.4 is 0 Å². The summed E-state index contributed by atoms with van der Waals surface area (Å²) in [6, 6.07) is 0. The highest BCUT2D eigenvalue weighted by molar-refractivity contribution is 5.69. The van der Waals surface area contributed by atoms with Crippen molar-refractivity contribution in [2.24, 2.45) is 0 Å². The van der Waals surface area contributed by atoms with Gasteiger partial charge in [-0.05, 0) is 6.42 Å². The van der Waals surface area contributed by atoms with E-state index in [0.717, 1.165) is 0 Å². The maximum Gasteiger partial charge on any atom is 0.422 e. The molecule has 0 spiro atoms. The van der Waals surface area contributed by atoms with E-state index >= 15 is 0 Å². The van der Waals surface area contributed by atoms with E-state index in [2.05, 4.69) is 4.74 Å². The molecule has 6 heteroatoms. The molecule has 3 nitrogen and oxygen atoms in total. The molecule has 0 saturated carbocycles. The number of carbonyl (C=O) groups is 1. The molecule has 12 heavy (non-hydrogen) atoms. The number of aliphatic hydroxyl groups excluding tert-OH is 1. The lowest BCUT2D eigenvalue weighted by Gasteiger charge is -2.06. The van der Waals surface area contributed by atoms with Crippen LogP contribution in [0.5, 0.6) is 0 Å². The summed E-state index contributed by atoms with van der Waals surface area (Å²) in [5, 5.41) is 8.21. The van der Waals surface area contributed by atoms with Gasteiger partial charge in [-0.25, -0.2) is 0 Å². The van der Waals surface area contributed by atoms with E-state index in [1.807, 2.05) is 0 Å². The van der Waals surface area contributed by atoms with Gasteiger partial charge < -0.3 is 9.84 Å². The minimum Gasteiger partial charge on any atom is -0.456 e. The van der Waals surface area contributed by atoms with E-state index in [9.17, 15) is 18.0 Å². The Bertz CT molecular complexity index is 143. The van der Waals surface area contributed by atoms with Crippen molar-refractivity contribution in [3.63, 3.8) is 0 Å². The lowest BCUT2D eigenvalue weighted by atomic mass is 10.3. The lowest BCUT2D eigenvalue weighted by Crippen LogP contribution is -2.20. The molecule has 0 unspecified atom stereocenters. The molecule has 0 radical (unpaired) electrons. The summed E-state index contributed by atoms with van der Waals surface area (Å²) in [5.41, 5.74) is 0. The average Bonchev–Trinajstić information content (AvgIpc) is 1.95. The molecule has 0 bridgehead atoms. The minimum absolute atomic E-state index is 0.122. The van der Waals surface area contributed by atoms with Crippen LogP contribution in [0.2, 0.25) is 0 Å². The lowest BCUT2D eigenvalue weighted by molar-refractivity contribution is -0.186. The van der Waals surface area contributed by atoms with Crippen molar-refractivity contribution in [2.75, 3.05) is 13.2 Å². The zero-order valence-corrected chi connectivity index (χ0v) is 6.23. The molecule has 0 aliphatic carbocycles. The quantitative estimate of drug-likeness (QED) is 0.662. The van der Waals surface area contributed by atoms with Gasteiger partial charge in [0.2, 0.25) is 0 Å². The molecule has 0 aromatic heterocycles. The molecule has 0 heterocycles. The molecule has 0 amide bonds. The van der Waals surface area contributed by atoms with Crippen LogP contribution in [-0.4, -0.2) is 30.5 Å². The molecule has 0 aliphatic heterocycles. The second-order valence-corrected chi connectivity index (χ2v) is 2.10. The number of aliphatic hydroxyl groups is 1. The van der Waals surface area contributed by atoms with Crippen molar-refractivity contribution in [1.82, 2.24) is 0 Å². The number of hydrogen-bond donors (Lipinski definition) is 1. The Morgan fingerprint density at radius 1 is 1.42 bits per heavy atom. The first kappa shape index (κ1) is 11.2. The first-order valence-corrected chi connectivity index (χ1v) is 3.29. The van der Waals surface area contributed by atoms with Crippen LogP contribution in [0.1, 0.15) is 12.8 Å². The van der Waals surface area contributed by atoms with E-state index in [1.54, 1.807) is 0 Å². The number of alkyl halides is 3. The van der Waals surface area contributed by atoms with Gasteiger partial charge in [-0.3, -0.25) is 4.79 Å². The third kappa shape index (κ3) is 7.33. The van der Waals surface area contributed by atoms with E-state index in [4.69, 9.17) is 5.11 Å². The summed E-state index contributed by atoms with van der Waals surface area (Å²) in [6.07, 6.45) is -4.54. The Morgan fingerprint density at radius 2 is 2.00 bits per heavy atom. The van der Waals surface area contributed by atoms with E-state index in [-0.39, 0.29) is 19.4 Å². The summed E-state index contributed by atoms with van der Waals surface area (Å²) in [5.74, 6) is -0.943. The normalized spacial score (nSPS) is 11.3. The van der Waals surface area contributed by atoms with Crippen LogP contribution >= 0.6 is 0 Å². The molecule has 1 N–H and O–H groups in total. The Hall–Kier alpha value is -0.780. The predicted molar refractivity (Wildman–Crippen MR) is 33.3 cm³/mol. The Kier molecular flexibility index (Phi) is 4.65.